The van der Waals surface area contributed by atoms with Crippen molar-refractivity contribution in [3.63, 3.8) is 0 Å². The number of hydrogen-bond acceptors (Lipinski definition) is 3. The van der Waals surface area contributed by atoms with Crippen LogP contribution in [0.3, 0.4) is 0 Å². The lowest BCUT2D eigenvalue weighted by atomic mass is 10.1. The molecule has 1 aliphatic heterocycles. The monoisotopic (exact) mass is 454 g/mol. The maximum Gasteiger partial charge on any atom is 0.262 e. The summed E-state index contributed by atoms with van der Waals surface area (Å²) in [6.45, 7) is 0.390. The number of anilines is 1. The van der Waals surface area contributed by atoms with Gasteiger partial charge in [0.15, 0.2) is 0 Å². The first-order valence-electron chi connectivity index (χ1n) is 9.11. The molecular weight excluding hydrogens is 439 g/mol. The number of carbonyl (C=O) groups is 2. The lowest BCUT2D eigenvalue weighted by Gasteiger charge is -2.19. The van der Waals surface area contributed by atoms with E-state index in [1.165, 1.54) is 11.8 Å². The highest BCUT2D eigenvalue weighted by Crippen LogP contribution is 2.39. The minimum atomic E-state index is -0.216. The van der Waals surface area contributed by atoms with Crippen molar-refractivity contribution in [2.75, 3.05) is 5.32 Å². The van der Waals surface area contributed by atoms with Crippen LogP contribution in [0.2, 0.25) is 10.0 Å². The number of rotatable bonds is 4. The average Bonchev–Trinajstić information content (AvgIpc) is 2.73. The first-order valence-corrected chi connectivity index (χ1v) is 10.7. The Hall–Kier alpha value is -2.73. The average molecular weight is 455 g/mol. The summed E-state index contributed by atoms with van der Waals surface area (Å²) in [5.41, 5.74) is 2.89. The van der Waals surface area contributed by atoms with Crippen LogP contribution in [-0.4, -0.2) is 11.8 Å². The Balaban J connectivity index is 1.48. The van der Waals surface area contributed by atoms with Crippen LogP contribution in [0.1, 0.15) is 21.5 Å². The van der Waals surface area contributed by atoms with Gasteiger partial charge in [-0.3, -0.25) is 9.59 Å². The number of benzene rings is 3. The molecule has 0 unspecified atom stereocenters. The zero-order valence-electron chi connectivity index (χ0n) is 15.6. The predicted molar refractivity (Wildman–Crippen MR) is 123 cm³/mol. The molecule has 3 aromatic rings. The maximum absolute atomic E-state index is 12.5. The molecule has 0 aromatic heterocycles. The first kappa shape index (κ1) is 20.5. The SMILES string of the molecule is O=C1Nc2cc(C(=O)NCc3ccc(Cl)cc3)ccc2S/C1=C/c1cccc(Cl)c1. The third kappa shape index (κ3) is 4.87. The molecule has 2 N–H and O–H groups in total. The Morgan fingerprint density at radius 2 is 1.80 bits per heavy atom. The number of hydrogen-bond donors (Lipinski definition) is 2. The standard InChI is InChI=1S/C23H16Cl2N2O2S/c24-17-7-4-14(5-8-17)13-26-22(28)16-6-9-20-19(12-16)27-23(29)21(30-20)11-15-2-1-3-18(25)10-15/h1-12H,13H2,(H,26,28)(H,27,29)/b21-11+. The van der Waals surface area contributed by atoms with Gasteiger partial charge in [-0.25, -0.2) is 0 Å². The first-order chi connectivity index (χ1) is 14.5. The zero-order valence-corrected chi connectivity index (χ0v) is 17.9. The maximum atomic E-state index is 12.5. The van der Waals surface area contributed by atoms with Crippen molar-refractivity contribution in [1.29, 1.82) is 0 Å². The molecule has 0 saturated carbocycles. The van der Waals surface area contributed by atoms with Crippen LogP contribution in [0.25, 0.3) is 6.08 Å². The molecule has 3 aromatic carbocycles. The van der Waals surface area contributed by atoms with Crippen LogP contribution >= 0.6 is 35.0 Å². The van der Waals surface area contributed by atoms with Crippen LogP contribution in [0.15, 0.2) is 76.5 Å². The molecule has 2 amide bonds. The quantitative estimate of drug-likeness (QED) is 0.474. The second kappa shape index (κ2) is 8.96. The van der Waals surface area contributed by atoms with E-state index in [0.29, 0.717) is 32.7 Å². The largest absolute Gasteiger partial charge is 0.348 e. The van der Waals surface area contributed by atoms with E-state index in [4.69, 9.17) is 23.2 Å². The van der Waals surface area contributed by atoms with Gasteiger partial charge in [0.1, 0.15) is 0 Å². The summed E-state index contributed by atoms with van der Waals surface area (Å²) in [6.07, 6.45) is 1.79. The second-order valence-corrected chi connectivity index (χ2v) is 8.60. The fourth-order valence-electron chi connectivity index (χ4n) is 2.94. The third-order valence-electron chi connectivity index (χ3n) is 4.45. The van der Waals surface area contributed by atoms with E-state index in [0.717, 1.165) is 16.0 Å². The van der Waals surface area contributed by atoms with Crippen LogP contribution < -0.4 is 10.6 Å². The number of carbonyl (C=O) groups excluding carboxylic acids is 2. The smallest absolute Gasteiger partial charge is 0.262 e. The Bertz CT molecular complexity index is 1160. The third-order valence-corrected chi connectivity index (χ3v) is 6.03. The lowest BCUT2D eigenvalue weighted by Crippen LogP contribution is -2.23. The van der Waals surface area contributed by atoms with Crippen molar-refractivity contribution >= 4 is 58.5 Å². The summed E-state index contributed by atoms with van der Waals surface area (Å²) < 4.78 is 0. The molecule has 0 saturated heterocycles. The molecule has 0 fully saturated rings. The molecule has 0 radical (unpaired) electrons. The number of halogens is 2. The van der Waals surface area contributed by atoms with E-state index in [2.05, 4.69) is 10.6 Å². The number of amides is 2. The van der Waals surface area contributed by atoms with Gasteiger partial charge in [-0.05, 0) is 59.7 Å². The molecule has 7 heteroatoms. The number of thioether (sulfide) groups is 1. The zero-order chi connectivity index (χ0) is 21.1. The van der Waals surface area contributed by atoms with Gasteiger partial charge in [0.2, 0.25) is 0 Å². The highest BCUT2D eigenvalue weighted by Gasteiger charge is 2.22. The Morgan fingerprint density at radius 1 is 1.00 bits per heavy atom. The van der Waals surface area contributed by atoms with Crippen molar-refractivity contribution < 1.29 is 9.59 Å². The van der Waals surface area contributed by atoms with Gasteiger partial charge in [0.25, 0.3) is 11.8 Å². The molecule has 150 valence electrons. The molecule has 30 heavy (non-hydrogen) atoms. The van der Waals surface area contributed by atoms with E-state index >= 15 is 0 Å². The van der Waals surface area contributed by atoms with Crippen molar-refractivity contribution in [2.45, 2.75) is 11.4 Å². The minimum Gasteiger partial charge on any atom is -0.348 e. The van der Waals surface area contributed by atoms with Crippen LogP contribution in [0, 0.1) is 0 Å². The summed E-state index contributed by atoms with van der Waals surface area (Å²) in [5.74, 6) is -0.432. The lowest BCUT2D eigenvalue weighted by molar-refractivity contribution is -0.112. The van der Waals surface area contributed by atoms with E-state index in [9.17, 15) is 9.59 Å². The Labute approximate surface area is 188 Å². The van der Waals surface area contributed by atoms with Gasteiger partial charge in [-0.1, -0.05) is 59.2 Å². The summed E-state index contributed by atoms with van der Waals surface area (Å²) in [4.78, 5) is 26.5. The minimum absolute atomic E-state index is 0.215. The van der Waals surface area contributed by atoms with Gasteiger partial charge in [-0.15, -0.1) is 0 Å². The molecule has 1 heterocycles. The molecule has 1 aliphatic rings. The van der Waals surface area contributed by atoms with Gasteiger partial charge < -0.3 is 10.6 Å². The molecule has 0 atom stereocenters. The predicted octanol–water partition coefficient (Wildman–Crippen LogP) is 6.01. The second-order valence-electron chi connectivity index (χ2n) is 6.64. The number of nitrogens with one attached hydrogen (secondary N) is 2. The normalized spacial score (nSPS) is 14.2. The van der Waals surface area contributed by atoms with E-state index in [1.807, 2.05) is 30.3 Å². The van der Waals surface area contributed by atoms with Gasteiger partial charge in [-0.2, -0.15) is 0 Å². The van der Waals surface area contributed by atoms with Crippen LogP contribution in [-0.2, 0) is 11.3 Å². The Kier molecular flexibility index (Phi) is 6.13. The molecular formula is C23H16Cl2N2O2S. The van der Waals surface area contributed by atoms with Crippen molar-refractivity contribution in [3.8, 4) is 0 Å². The van der Waals surface area contributed by atoms with E-state index < -0.39 is 0 Å². The van der Waals surface area contributed by atoms with Crippen LogP contribution in [0.4, 0.5) is 5.69 Å². The van der Waals surface area contributed by atoms with Gasteiger partial charge in [0, 0.05) is 27.0 Å². The van der Waals surface area contributed by atoms with E-state index in [1.54, 1.807) is 42.5 Å². The fourth-order valence-corrected chi connectivity index (χ4v) is 4.19. The highest BCUT2D eigenvalue weighted by atomic mass is 35.5. The fraction of sp³-hybridized carbons (Fsp3) is 0.0435. The molecule has 0 aliphatic carbocycles. The molecule has 4 nitrogen and oxygen atoms in total. The van der Waals surface area contributed by atoms with Crippen molar-refractivity contribution in [3.05, 3.63) is 98.4 Å². The summed E-state index contributed by atoms with van der Waals surface area (Å²) in [5, 5.41) is 7.00. The topological polar surface area (TPSA) is 58.2 Å². The van der Waals surface area contributed by atoms with Gasteiger partial charge >= 0.3 is 0 Å². The molecule has 0 bridgehead atoms. The van der Waals surface area contributed by atoms with E-state index in [-0.39, 0.29) is 11.8 Å². The molecule has 0 spiro atoms. The summed E-state index contributed by atoms with van der Waals surface area (Å²) in [6, 6.07) is 19.9. The van der Waals surface area contributed by atoms with Crippen molar-refractivity contribution in [1.82, 2.24) is 5.32 Å². The Morgan fingerprint density at radius 3 is 2.57 bits per heavy atom. The van der Waals surface area contributed by atoms with Crippen LogP contribution in [0.5, 0.6) is 0 Å². The summed E-state index contributed by atoms with van der Waals surface area (Å²) in [7, 11) is 0. The molecule has 4 rings (SSSR count). The van der Waals surface area contributed by atoms with Gasteiger partial charge in [0.05, 0.1) is 10.6 Å². The number of fused-ring (bicyclic) bond motifs is 1. The summed E-state index contributed by atoms with van der Waals surface area (Å²) >= 11 is 13.3. The highest BCUT2D eigenvalue weighted by molar-refractivity contribution is 8.04. The van der Waals surface area contributed by atoms with Crippen molar-refractivity contribution in [2.24, 2.45) is 0 Å².